The van der Waals surface area contributed by atoms with Crippen molar-refractivity contribution >= 4 is 16.7 Å². The molecule has 0 fully saturated rings. The van der Waals surface area contributed by atoms with E-state index in [0.717, 1.165) is 11.3 Å². The minimum Gasteiger partial charge on any atom is -0.511 e. The molecular formula is C21H28N2O6S. The van der Waals surface area contributed by atoms with Gasteiger partial charge in [0.1, 0.15) is 17.3 Å². The molecule has 0 aliphatic heterocycles. The standard InChI is InChI=1S/C21H28N2O6S/c1-3-27-21(28-4-2)16-9-10-22-17(12-16)7-8-18(24)13-23-20(25)15-30(26)14-19-6-5-11-29-19/h5-6,8-12,21,24H,3-4,7,13-15H2,1-2H3,(H,23,25)/b18-8-. The Labute approximate surface area is 178 Å². The SMILES string of the molecule is CCOC(OCC)c1ccnc(C/C=C(\O)CNC(=O)CS(=O)Cc2ccco2)c1. The highest BCUT2D eigenvalue weighted by Gasteiger charge is 2.12. The average molecular weight is 437 g/mol. The van der Waals surface area contributed by atoms with Gasteiger partial charge >= 0.3 is 0 Å². The van der Waals surface area contributed by atoms with Gasteiger partial charge in [0.05, 0.1) is 18.6 Å². The Kier molecular flexibility index (Phi) is 10.3. The number of carbonyl (C=O) groups is 1. The van der Waals surface area contributed by atoms with Crippen molar-refractivity contribution in [2.45, 2.75) is 32.3 Å². The van der Waals surface area contributed by atoms with Gasteiger partial charge in [-0.1, -0.05) is 0 Å². The molecule has 30 heavy (non-hydrogen) atoms. The van der Waals surface area contributed by atoms with Crippen molar-refractivity contribution < 1.29 is 28.0 Å². The number of carbonyl (C=O) groups excluding carboxylic acids is 1. The third-order valence-corrected chi connectivity index (χ3v) is 5.13. The minimum atomic E-state index is -1.38. The number of nitrogens with zero attached hydrogens (tertiary/aromatic N) is 1. The lowest BCUT2D eigenvalue weighted by Gasteiger charge is -2.17. The highest BCUT2D eigenvalue weighted by Crippen LogP contribution is 2.19. The molecule has 0 spiro atoms. The second kappa shape index (κ2) is 12.9. The maximum atomic E-state index is 11.9. The van der Waals surface area contributed by atoms with Crippen LogP contribution in [0.25, 0.3) is 0 Å². The summed E-state index contributed by atoms with van der Waals surface area (Å²) in [6.45, 7) is 4.80. The van der Waals surface area contributed by atoms with E-state index < -0.39 is 23.0 Å². The quantitative estimate of drug-likeness (QED) is 0.367. The van der Waals surface area contributed by atoms with Gasteiger partial charge in [-0.05, 0) is 44.2 Å². The number of nitrogens with one attached hydrogen (secondary N) is 1. The summed E-state index contributed by atoms with van der Waals surface area (Å²) < 4.78 is 28.2. The third-order valence-electron chi connectivity index (χ3n) is 3.94. The van der Waals surface area contributed by atoms with E-state index in [-0.39, 0.29) is 23.8 Å². The molecule has 1 unspecified atom stereocenters. The lowest BCUT2D eigenvalue weighted by molar-refractivity contribution is -0.140. The number of furan rings is 1. The summed E-state index contributed by atoms with van der Waals surface area (Å²) in [7, 11) is -1.38. The van der Waals surface area contributed by atoms with Gasteiger partial charge < -0.3 is 24.3 Å². The van der Waals surface area contributed by atoms with Crippen molar-refractivity contribution in [2.75, 3.05) is 25.5 Å². The Morgan fingerprint density at radius 2 is 2.10 bits per heavy atom. The van der Waals surface area contributed by atoms with Crippen LogP contribution in [0.3, 0.4) is 0 Å². The number of hydrogen-bond donors (Lipinski definition) is 2. The van der Waals surface area contributed by atoms with E-state index >= 15 is 0 Å². The van der Waals surface area contributed by atoms with Crippen LogP contribution in [0.2, 0.25) is 0 Å². The van der Waals surface area contributed by atoms with Crippen LogP contribution in [-0.2, 0) is 37.2 Å². The van der Waals surface area contributed by atoms with Gasteiger partial charge in [0.25, 0.3) is 0 Å². The second-order valence-corrected chi connectivity index (χ2v) is 7.76. The summed E-state index contributed by atoms with van der Waals surface area (Å²) in [4.78, 5) is 16.2. The monoisotopic (exact) mass is 436 g/mol. The topological polar surface area (TPSA) is 111 Å². The lowest BCUT2D eigenvalue weighted by atomic mass is 10.1. The molecule has 1 amide bonds. The third kappa shape index (κ3) is 8.48. The van der Waals surface area contributed by atoms with Crippen molar-refractivity contribution in [3.8, 4) is 0 Å². The minimum absolute atomic E-state index is 0.00136. The molecule has 2 aromatic heterocycles. The maximum absolute atomic E-state index is 11.9. The molecule has 2 rings (SSSR count). The number of aliphatic hydroxyl groups is 1. The average Bonchev–Trinajstić information content (AvgIpc) is 3.23. The van der Waals surface area contributed by atoms with Gasteiger partial charge in [-0.25, -0.2) is 0 Å². The summed E-state index contributed by atoms with van der Waals surface area (Å²) in [6, 6.07) is 7.09. The van der Waals surface area contributed by atoms with Crippen molar-refractivity contribution in [3.63, 3.8) is 0 Å². The fraction of sp³-hybridized carbons (Fsp3) is 0.429. The molecule has 0 aliphatic carbocycles. The number of amides is 1. The number of allylic oxidation sites excluding steroid dienone is 1. The lowest BCUT2D eigenvalue weighted by Crippen LogP contribution is -2.30. The summed E-state index contributed by atoms with van der Waals surface area (Å²) in [6.07, 6.45) is 4.65. The number of hydrogen-bond acceptors (Lipinski definition) is 7. The molecule has 0 saturated heterocycles. The molecule has 0 saturated carbocycles. The Balaban J connectivity index is 1.81. The molecule has 0 aliphatic rings. The zero-order valence-corrected chi connectivity index (χ0v) is 18.0. The molecule has 0 bridgehead atoms. The van der Waals surface area contributed by atoms with E-state index in [1.807, 2.05) is 26.0 Å². The van der Waals surface area contributed by atoms with Gasteiger partial charge in [0, 0.05) is 47.9 Å². The van der Waals surface area contributed by atoms with Crippen molar-refractivity contribution in [1.29, 1.82) is 0 Å². The van der Waals surface area contributed by atoms with Crippen LogP contribution >= 0.6 is 0 Å². The zero-order valence-electron chi connectivity index (χ0n) is 17.2. The Hall–Kier alpha value is -2.49. The maximum Gasteiger partial charge on any atom is 0.233 e. The van der Waals surface area contributed by atoms with Gasteiger partial charge in [0.15, 0.2) is 6.29 Å². The number of aromatic nitrogens is 1. The van der Waals surface area contributed by atoms with Crippen LogP contribution in [0.5, 0.6) is 0 Å². The van der Waals surface area contributed by atoms with Gasteiger partial charge in [-0.3, -0.25) is 14.0 Å². The zero-order chi connectivity index (χ0) is 21.8. The summed E-state index contributed by atoms with van der Waals surface area (Å²) in [5.74, 6) is 0.173. The molecule has 0 radical (unpaired) electrons. The molecular weight excluding hydrogens is 408 g/mol. The molecule has 2 aromatic rings. The Morgan fingerprint density at radius 3 is 2.77 bits per heavy atom. The first-order valence-electron chi connectivity index (χ1n) is 9.71. The van der Waals surface area contributed by atoms with E-state index in [1.54, 1.807) is 24.4 Å². The van der Waals surface area contributed by atoms with Gasteiger partial charge in [-0.15, -0.1) is 0 Å². The molecule has 1 atom stereocenters. The van der Waals surface area contributed by atoms with E-state index in [2.05, 4.69) is 10.3 Å². The van der Waals surface area contributed by atoms with Crippen molar-refractivity contribution in [3.05, 3.63) is 65.6 Å². The summed E-state index contributed by atoms with van der Waals surface area (Å²) >= 11 is 0. The van der Waals surface area contributed by atoms with Crippen molar-refractivity contribution in [2.24, 2.45) is 0 Å². The Bertz CT molecular complexity index is 832. The van der Waals surface area contributed by atoms with E-state index in [9.17, 15) is 14.1 Å². The fourth-order valence-electron chi connectivity index (χ4n) is 2.58. The second-order valence-electron chi connectivity index (χ2n) is 6.31. The molecule has 0 aromatic carbocycles. The normalized spacial score (nSPS) is 12.8. The highest BCUT2D eigenvalue weighted by molar-refractivity contribution is 7.84. The summed E-state index contributed by atoms with van der Waals surface area (Å²) in [5.41, 5.74) is 1.58. The van der Waals surface area contributed by atoms with E-state index in [0.29, 0.717) is 25.4 Å². The number of aliphatic hydroxyl groups excluding tert-OH is 1. The predicted molar refractivity (Wildman–Crippen MR) is 113 cm³/mol. The molecule has 9 heteroatoms. The number of rotatable bonds is 13. The van der Waals surface area contributed by atoms with Crippen LogP contribution in [0, 0.1) is 0 Å². The molecule has 164 valence electrons. The fourth-order valence-corrected chi connectivity index (χ4v) is 3.56. The van der Waals surface area contributed by atoms with Crippen LogP contribution in [0.15, 0.2) is 53.0 Å². The number of pyridine rings is 1. The van der Waals surface area contributed by atoms with Gasteiger partial charge in [0.2, 0.25) is 5.91 Å². The Morgan fingerprint density at radius 1 is 1.33 bits per heavy atom. The van der Waals surface area contributed by atoms with Crippen LogP contribution in [0.1, 0.15) is 37.2 Å². The van der Waals surface area contributed by atoms with Crippen LogP contribution < -0.4 is 5.32 Å². The number of ether oxygens (including phenoxy) is 2. The first-order chi connectivity index (χ1) is 14.5. The molecule has 2 N–H and O–H groups in total. The smallest absolute Gasteiger partial charge is 0.233 e. The van der Waals surface area contributed by atoms with Crippen molar-refractivity contribution in [1.82, 2.24) is 10.3 Å². The van der Waals surface area contributed by atoms with Crippen LogP contribution in [-0.4, -0.2) is 45.7 Å². The van der Waals surface area contributed by atoms with Crippen LogP contribution in [0.4, 0.5) is 0 Å². The largest absolute Gasteiger partial charge is 0.511 e. The first kappa shape index (κ1) is 23.8. The predicted octanol–water partition coefficient (Wildman–Crippen LogP) is 2.80. The highest BCUT2D eigenvalue weighted by atomic mass is 32.2. The molecule has 8 nitrogen and oxygen atoms in total. The van der Waals surface area contributed by atoms with E-state index in [1.165, 1.54) is 6.26 Å². The summed E-state index contributed by atoms with van der Waals surface area (Å²) in [5, 5.41) is 12.6. The molecule has 2 heterocycles. The van der Waals surface area contributed by atoms with Gasteiger partial charge in [-0.2, -0.15) is 0 Å². The first-order valence-corrected chi connectivity index (χ1v) is 11.2. The van der Waals surface area contributed by atoms with E-state index in [4.69, 9.17) is 13.9 Å².